The number of amides is 1. The molecule has 1 atom stereocenters. The van der Waals surface area contributed by atoms with Crippen molar-refractivity contribution in [1.82, 2.24) is 4.31 Å². The second-order valence-electron chi connectivity index (χ2n) is 10.2. The van der Waals surface area contributed by atoms with E-state index >= 15 is 0 Å². The summed E-state index contributed by atoms with van der Waals surface area (Å²) in [5, 5.41) is 12.7. The van der Waals surface area contributed by atoms with E-state index in [4.69, 9.17) is 0 Å². The van der Waals surface area contributed by atoms with E-state index in [9.17, 15) is 18.3 Å². The molecule has 6 nitrogen and oxygen atoms in total. The fourth-order valence-electron chi connectivity index (χ4n) is 5.85. The Morgan fingerprint density at radius 1 is 0.919 bits per heavy atom. The molecule has 7 heteroatoms. The topological polar surface area (TPSA) is 86.7 Å². The molecule has 0 bridgehead atoms. The van der Waals surface area contributed by atoms with Crippen LogP contribution in [-0.4, -0.2) is 42.9 Å². The van der Waals surface area contributed by atoms with Crippen LogP contribution in [0.3, 0.4) is 0 Å². The molecule has 1 saturated heterocycles. The molecule has 2 aliphatic rings. The van der Waals surface area contributed by atoms with Crippen LogP contribution >= 0.6 is 0 Å². The van der Waals surface area contributed by atoms with Gasteiger partial charge in [-0.15, -0.1) is 0 Å². The molecule has 0 aromatic heterocycles. The van der Waals surface area contributed by atoms with Gasteiger partial charge in [-0.25, -0.2) is 8.42 Å². The smallest absolute Gasteiger partial charge is 0.243 e. The molecular formula is C30H40N2O4S. The summed E-state index contributed by atoms with van der Waals surface area (Å²) >= 11 is 0. The van der Waals surface area contributed by atoms with Gasteiger partial charge in [0.25, 0.3) is 0 Å². The number of anilines is 1. The predicted molar refractivity (Wildman–Crippen MR) is 152 cm³/mol. The second-order valence-corrected chi connectivity index (χ2v) is 12.1. The molecule has 0 radical (unpaired) electrons. The zero-order valence-corrected chi connectivity index (χ0v) is 21.8. The van der Waals surface area contributed by atoms with Gasteiger partial charge in [0.1, 0.15) is 0 Å². The lowest BCUT2D eigenvalue weighted by molar-refractivity contribution is -0.122. The van der Waals surface area contributed by atoms with Gasteiger partial charge in [0, 0.05) is 22.6 Å². The molecule has 2 N–H and O–H groups in total. The first-order valence-electron chi connectivity index (χ1n) is 13.1. The lowest BCUT2D eigenvalue weighted by atomic mass is 9.68. The van der Waals surface area contributed by atoms with Crippen LogP contribution in [0.1, 0.15) is 54.8 Å². The quantitative estimate of drug-likeness (QED) is 0.392. The van der Waals surface area contributed by atoms with Crippen molar-refractivity contribution < 1.29 is 22.6 Å². The van der Waals surface area contributed by atoms with E-state index in [0.29, 0.717) is 13.0 Å². The minimum absolute atomic E-state index is 0. The fourth-order valence-corrected chi connectivity index (χ4v) is 7.53. The molecule has 5 rings (SSSR count). The summed E-state index contributed by atoms with van der Waals surface area (Å²) in [7, 11) is -3.65. The highest BCUT2D eigenvalue weighted by Crippen LogP contribution is 2.40. The third kappa shape index (κ3) is 5.08. The van der Waals surface area contributed by atoms with E-state index in [0.717, 1.165) is 60.9 Å². The molecule has 0 unspecified atom stereocenters. The lowest BCUT2D eigenvalue weighted by Gasteiger charge is -2.36. The van der Waals surface area contributed by atoms with Gasteiger partial charge in [-0.05, 0) is 66.6 Å². The first-order valence-corrected chi connectivity index (χ1v) is 14.6. The molecule has 1 saturated carbocycles. The highest BCUT2D eigenvalue weighted by Gasteiger charge is 2.41. The third-order valence-electron chi connectivity index (χ3n) is 7.92. The van der Waals surface area contributed by atoms with Crippen LogP contribution in [0, 0.1) is 0 Å². The highest BCUT2D eigenvalue weighted by atomic mass is 32.2. The standard InChI is InChI=1S/C30H34N2O4S.3H2/c33-22-27-13-8-20-32(27)37(35,36)28-16-14-23(15-17-28)24-9-7-12-26(21-24)31-29(34)30(18-5-2-6-19-30)25-10-3-1-4-11-25;;;/h1,3-4,7,9-12,14-17,21,27,33H,2,5-6,8,13,18-20,22H2,(H,31,34);3*1H/t27-;;;/m1.../s1. The van der Waals surface area contributed by atoms with E-state index in [-0.39, 0.29) is 27.7 Å². The normalized spacial score (nSPS) is 20.0. The van der Waals surface area contributed by atoms with Gasteiger partial charge in [-0.2, -0.15) is 4.31 Å². The zero-order valence-electron chi connectivity index (χ0n) is 21.0. The van der Waals surface area contributed by atoms with Crippen LogP contribution < -0.4 is 5.32 Å². The molecule has 37 heavy (non-hydrogen) atoms. The molecule has 1 heterocycles. The average molecular weight is 525 g/mol. The molecule has 1 aliphatic heterocycles. The number of benzene rings is 3. The maximum atomic E-state index is 13.7. The Morgan fingerprint density at radius 2 is 1.65 bits per heavy atom. The number of nitrogens with zero attached hydrogens (tertiary/aromatic N) is 1. The van der Waals surface area contributed by atoms with Gasteiger partial charge < -0.3 is 10.4 Å². The van der Waals surface area contributed by atoms with Crippen LogP contribution in [0.5, 0.6) is 0 Å². The molecule has 3 aromatic carbocycles. The summed E-state index contributed by atoms with van der Waals surface area (Å²) in [6.07, 6.45) is 6.34. The summed E-state index contributed by atoms with van der Waals surface area (Å²) in [5.74, 6) is 0.0287. The Bertz CT molecular complexity index is 1350. The molecule has 3 aromatic rings. The lowest BCUT2D eigenvalue weighted by Crippen LogP contribution is -2.42. The minimum Gasteiger partial charge on any atom is -0.395 e. The van der Waals surface area contributed by atoms with Gasteiger partial charge >= 0.3 is 0 Å². The molecule has 0 spiro atoms. The third-order valence-corrected chi connectivity index (χ3v) is 9.88. The average Bonchev–Trinajstić information content (AvgIpc) is 3.44. The molecule has 1 aliphatic carbocycles. The minimum atomic E-state index is -3.65. The maximum Gasteiger partial charge on any atom is 0.243 e. The predicted octanol–water partition coefficient (Wildman–Crippen LogP) is 6.08. The van der Waals surface area contributed by atoms with Crippen molar-refractivity contribution >= 4 is 21.6 Å². The number of hydrogen-bond acceptors (Lipinski definition) is 4. The summed E-state index contributed by atoms with van der Waals surface area (Å²) in [4.78, 5) is 13.9. The molecule has 1 amide bonds. The first-order chi connectivity index (χ1) is 17.9. The molecule has 200 valence electrons. The van der Waals surface area contributed by atoms with Crippen LogP contribution in [-0.2, 0) is 20.2 Å². The van der Waals surface area contributed by atoms with Gasteiger partial charge in [-0.3, -0.25) is 4.79 Å². The van der Waals surface area contributed by atoms with Crippen LogP contribution in [0.25, 0.3) is 11.1 Å². The number of sulfonamides is 1. The largest absolute Gasteiger partial charge is 0.395 e. The van der Waals surface area contributed by atoms with Crippen molar-refractivity contribution in [3.8, 4) is 11.1 Å². The van der Waals surface area contributed by atoms with Crippen molar-refractivity contribution in [3.05, 3.63) is 84.4 Å². The number of rotatable bonds is 7. The first kappa shape index (κ1) is 25.6. The number of carbonyl (C=O) groups excluding carboxylic acids is 1. The zero-order chi connectivity index (χ0) is 25.9. The molecule has 2 fully saturated rings. The highest BCUT2D eigenvalue weighted by molar-refractivity contribution is 7.89. The van der Waals surface area contributed by atoms with Gasteiger partial charge in [0.15, 0.2) is 0 Å². The van der Waals surface area contributed by atoms with E-state index in [1.807, 2.05) is 42.5 Å². The van der Waals surface area contributed by atoms with Crippen molar-refractivity contribution in [3.63, 3.8) is 0 Å². The second kappa shape index (κ2) is 10.8. The maximum absolute atomic E-state index is 13.7. The summed E-state index contributed by atoms with van der Waals surface area (Å²) in [5.41, 5.74) is 3.04. The molecular weight excluding hydrogens is 484 g/mol. The summed E-state index contributed by atoms with van der Waals surface area (Å²) in [6.45, 7) is 0.267. The Kier molecular flexibility index (Phi) is 7.47. The van der Waals surface area contributed by atoms with E-state index in [2.05, 4.69) is 17.4 Å². The number of carbonyl (C=O) groups is 1. The van der Waals surface area contributed by atoms with Crippen LogP contribution in [0.15, 0.2) is 83.8 Å². The number of aliphatic hydroxyl groups excluding tert-OH is 1. The Balaban J connectivity index is 0.00000187. The van der Waals surface area contributed by atoms with Gasteiger partial charge in [0.05, 0.1) is 16.9 Å². The SMILES string of the molecule is O=C(Nc1cccc(-c2ccc(S(=O)(=O)N3CCC[C@@H]3CO)cc2)c1)C1(c2ccccc2)CCCCC1.[HH].[HH].[HH]. The number of hydrogen-bond donors (Lipinski definition) is 2. The van der Waals surface area contributed by atoms with Crippen molar-refractivity contribution in [2.45, 2.75) is 61.3 Å². The van der Waals surface area contributed by atoms with E-state index < -0.39 is 15.4 Å². The van der Waals surface area contributed by atoms with Crippen molar-refractivity contribution in [1.29, 1.82) is 0 Å². The van der Waals surface area contributed by atoms with E-state index in [1.54, 1.807) is 24.3 Å². The summed E-state index contributed by atoms with van der Waals surface area (Å²) in [6, 6.07) is 24.3. The van der Waals surface area contributed by atoms with Gasteiger partial charge in [-0.1, -0.05) is 73.9 Å². The fraction of sp³-hybridized carbons (Fsp3) is 0.367. The van der Waals surface area contributed by atoms with Crippen LogP contribution in [0.2, 0.25) is 0 Å². The number of aliphatic hydroxyl groups is 1. The Morgan fingerprint density at radius 3 is 2.35 bits per heavy atom. The summed E-state index contributed by atoms with van der Waals surface area (Å²) < 4.78 is 27.6. The van der Waals surface area contributed by atoms with Crippen LogP contribution in [0.4, 0.5) is 5.69 Å². The number of nitrogens with one attached hydrogen (secondary N) is 1. The van der Waals surface area contributed by atoms with Crippen molar-refractivity contribution in [2.75, 3.05) is 18.5 Å². The monoisotopic (exact) mass is 524 g/mol. The Labute approximate surface area is 223 Å². The Hall–Kier alpha value is -3.00. The van der Waals surface area contributed by atoms with Gasteiger partial charge in [0.2, 0.25) is 15.9 Å². The van der Waals surface area contributed by atoms with E-state index in [1.165, 1.54) is 4.31 Å². The van der Waals surface area contributed by atoms with Crippen molar-refractivity contribution in [2.24, 2.45) is 0 Å².